The van der Waals surface area contributed by atoms with E-state index in [2.05, 4.69) is 15.8 Å². The Bertz CT molecular complexity index is 922. The summed E-state index contributed by atoms with van der Waals surface area (Å²) in [5.74, 6) is 0.961. The third kappa shape index (κ3) is 4.80. The van der Waals surface area contributed by atoms with Crippen molar-refractivity contribution in [1.82, 2.24) is 5.43 Å². The molecule has 0 saturated heterocycles. The van der Waals surface area contributed by atoms with Crippen molar-refractivity contribution < 1.29 is 23.8 Å². The summed E-state index contributed by atoms with van der Waals surface area (Å²) in [4.78, 5) is 25.4. The summed E-state index contributed by atoms with van der Waals surface area (Å²) in [6, 6.07) is 10.9. The lowest BCUT2D eigenvalue weighted by molar-refractivity contribution is -0.124. The van der Waals surface area contributed by atoms with Crippen LogP contribution in [0.1, 0.15) is 12.0 Å². The molecule has 3 rings (SSSR count). The number of para-hydroxylation sites is 1. The van der Waals surface area contributed by atoms with Crippen LogP contribution in [0.25, 0.3) is 0 Å². The molecule has 0 aliphatic carbocycles. The topological polar surface area (TPSA) is 98.3 Å². The van der Waals surface area contributed by atoms with Crippen molar-refractivity contribution in [3.63, 3.8) is 0 Å². The van der Waals surface area contributed by atoms with Gasteiger partial charge in [0, 0.05) is 23.4 Å². The summed E-state index contributed by atoms with van der Waals surface area (Å²) < 4.78 is 15.9. The molecule has 0 saturated carbocycles. The molecule has 1 unspecified atom stereocenters. The van der Waals surface area contributed by atoms with Gasteiger partial charge >= 0.3 is 0 Å². The molecule has 1 aliphatic heterocycles. The number of anilines is 1. The minimum absolute atomic E-state index is 0.000936. The Kier molecular flexibility index (Phi) is 6.61. The molecule has 0 bridgehead atoms. The van der Waals surface area contributed by atoms with E-state index in [0.717, 1.165) is 10.6 Å². The van der Waals surface area contributed by atoms with E-state index in [9.17, 15) is 9.59 Å². The first kappa shape index (κ1) is 20.5. The van der Waals surface area contributed by atoms with Gasteiger partial charge in [0.2, 0.25) is 11.8 Å². The number of amides is 2. The molecular formula is C20H21N3O5S. The highest BCUT2D eigenvalue weighted by molar-refractivity contribution is 8.01. The van der Waals surface area contributed by atoms with Crippen molar-refractivity contribution >= 4 is 35.5 Å². The van der Waals surface area contributed by atoms with Crippen LogP contribution >= 0.6 is 11.8 Å². The molecule has 1 atom stereocenters. The second kappa shape index (κ2) is 9.33. The lowest BCUT2D eigenvalue weighted by atomic mass is 10.2. The zero-order chi connectivity index (χ0) is 20.8. The van der Waals surface area contributed by atoms with Crippen LogP contribution in [0.3, 0.4) is 0 Å². The Balaban J connectivity index is 1.65. The highest BCUT2D eigenvalue weighted by Crippen LogP contribution is 2.36. The van der Waals surface area contributed by atoms with E-state index in [1.807, 2.05) is 24.3 Å². The maximum atomic E-state index is 12.3. The maximum Gasteiger partial charge on any atom is 0.241 e. The minimum Gasteiger partial charge on any atom is -0.496 e. The molecular weight excluding hydrogens is 394 g/mol. The molecule has 1 aliphatic rings. The van der Waals surface area contributed by atoms with Gasteiger partial charge in [0.25, 0.3) is 0 Å². The van der Waals surface area contributed by atoms with Crippen LogP contribution in [-0.2, 0) is 9.59 Å². The predicted octanol–water partition coefficient (Wildman–Crippen LogP) is 2.67. The molecule has 1 heterocycles. The van der Waals surface area contributed by atoms with Crippen LogP contribution in [0.5, 0.6) is 17.2 Å². The van der Waals surface area contributed by atoms with Crippen LogP contribution in [-0.4, -0.2) is 44.6 Å². The van der Waals surface area contributed by atoms with Crippen LogP contribution in [0.15, 0.2) is 46.4 Å². The third-order valence-electron chi connectivity index (χ3n) is 4.21. The summed E-state index contributed by atoms with van der Waals surface area (Å²) >= 11 is 1.36. The molecule has 0 radical (unpaired) electrons. The molecule has 8 nitrogen and oxygen atoms in total. The Morgan fingerprint density at radius 1 is 1.17 bits per heavy atom. The predicted molar refractivity (Wildman–Crippen MR) is 111 cm³/mol. The molecule has 29 heavy (non-hydrogen) atoms. The van der Waals surface area contributed by atoms with Gasteiger partial charge in [0.15, 0.2) is 0 Å². The number of rotatable bonds is 7. The van der Waals surface area contributed by atoms with E-state index >= 15 is 0 Å². The third-order valence-corrected chi connectivity index (χ3v) is 5.49. The number of ether oxygens (including phenoxy) is 3. The molecule has 2 aromatic rings. The fraction of sp³-hybridized carbons (Fsp3) is 0.250. The van der Waals surface area contributed by atoms with Crippen molar-refractivity contribution in [2.24, 2.45) is 5.10 Å². The second-order valence-corrected chi connectivity index (χ2v) is 7.28. The number of hydrazone groups is 1. The average molecular weight is 415 g/mol. The van der Waals surface area contributed by atoms with E-state index < -0.39 is 5.25 Å². The van der Waals surface area contributed by atoms with Gasteiger partial charge in [-0.05, 0) is 12.1 Å². The van der Waals surface area contributed by atoms with Crippen LogP contribution in [0, 0.1) is 0 Å². The van der Waals surface area contributed by atoms with Gasteiger partial charge in [-0.15, -0.1) is 11.8 Å². The van der Waals surface area contributed by atoms with E-state index in [4.69, 9.17) is 14.2 Å². The Hall–Kier alpha value is -3.20. The van der Waals surface area contributed by atoms with Crippen LogP contribution in [0.4, 0.5) is 5.69 Å². The number of methoxy groups -OCH3 is 3. The summed E-state index contributed by atoms with van der Waals surface area (Å²) in [6.07, 6.45) is 1.43. The molecule has 0 fully saturated rings. The largest absolute Gasteiger partial charge is 0.496 e. The quantitative estimate of drug-likeness (QED) is 0.533. The molecule has 0 aromatic heterocycles. The number of nitrogens with zero attached hydrogens (tertiary/aromatic N) is 1. The van der Waals surface area contributed by atoms with Crippen molar-refractivity contribution in [3.05, 3.63) is 42.0 Å². The van der Waals surface area contributed by atoms with Gasteiger partial charge in [-0.2, -0.15) is 5.10 Å². The first-order valence-corrected chi connectivity index (χ1v) is 9.62. The van der Waals surface area contributed by atoms with Gasteiger partial charge in [0.05, 0.1) is 44.0 Å². The van der Waals surface area contributed by atoms with Gasteiger partial charge in [-0.25, -0.2) is 5.43 Å². The van der Waals surface area contributed by atoms with E-state index in [0.29, 0.717) is 22.8 Å². The minimum atomic E-state index is -0.523. The zero-order valence-corrected chi connectivity index (χ0v) is 17.0. The first-order chi connectivity index (χ1) is 14.0. The lowest BCUT2D eigenvalue weighted by Gasteiger charge is -2.23. The fourth-order valence-corrected chi connectivity index (χ4v) is 3.88. The average Bonchev–Trinajstić information content (AvgIpc) is 2.74. The highest BCUT2D eigenvalue weighted by Gasteiger charge is 2.28. The number of hydrogen-bond acceptors (Lipinski definition) is 7. The molecule has 0 spiro atoms. The number of fused-ring (bicyclic) bond motifs is 1. The second-order valence-electron chi connectivity index (χ2n) is 6.03. The summed E-state index contributed by atoms with van der Waals surface area (Å²) in [6.45, 7) is 0. The number of carbonyl (C=O) groups excluding carboxylic acids is 2. The normalized spacial score (nSPS) is 15.4. The molecule has 152 valence electrons. The summed E-state index contributed by atoms with van der Waals surface area (Å²) in [7, 11) is 4.57. The van der Waals surface area contributed by atoms with Crippen molar-refractivity contribution in [2.75, 3.05) is 26.6 Å². The number of benzene rings is 2. The van der Waals surface area contributed by atoms with Gasteiger partial charge in [-0.1, -0.05) is 12.1 Å². The fourth-order valence-electron chi connectivity index (χ4n) is 2.77. The van der Waals surface area contributed by atoms with E-state index in [1.54, 1.807) is 19.2 Å². The Morgan fingerprint density at radius 3 is 2.52 bits per heavy atom. The van der Waals surface area contributed by atoms with Gasteiger partial charge < -0.3 is 19.5 Å². The standard InChI is InChI=1S/C20H21N3O5S/c1-26-12-8-15(27-2)13(16(9-12)28-3)11-21-23-19(24)10-18-20(25)22-14-6-4-5-7-17(14)29-18/h4-9,11,18H,10H2,1-3H3,(H,22,25)(H,23,24)/b21-11+. The van der Waals surface area contributed by atoms with Gasteiger partial charge in [0.1, 0.15) is 17.2 Å². The monoisotopic (exact) mass is 415 g/mol. The lowest BCUT2D eigenvalue weighted by Crippen LogP contribution is -2.33. The number of thioether (sulfide) groups is 1. The summed E-state index contributed by atoms with van der Waals surface area (Å²) in [5.41, 5.74) is 3.76. The Morgan fingerprint density at radius 2 is 1.86 bits per heavy atom. The SMILES string of the molecule is COc1cc(OC)c(/C=N/NC(=O)CC2Sc3ccccc3NC2=O)c(OC)c1. The smallest absolute Gasteiger partial charge is 0.241 e. The Labute approximate surface area is 172 Å². The molecule has 2 aromatic carbocycles. The van der Waals surface area contributed by atoms with E-state index in [-0.39, 0.29) is 18.2 Å². The van der Waals surface area contributed by atoms with Crippen LogP contribution in [0.2, 0.25) is 0 Å². The van der Waals surface area contributed by atoms with Crippen molar-refractivity contribution in [1.29, 1.82) is 0 Å². The number of hydrogen-bond donors (Lipinski definition) is 2. The van der Waals surface area contributed by atoms with Crippen molar-refractivity contribution in [2.45, 2.75) is 16.6 Å². The molecule has 9 heteroatoms. The van der Waals surface area contributed by atoms with Crippen molar-refractivity contribution in [3.8, 4) is 17.2 Å². The molecule has 2 N–H and O–H groups in total. The zero-order valence-electron chi connectivity index (χ0n) is 16.2. The van der Waals surface area contributed by atoms with Crippen LogP contribution < -0.4 is 25.0 Å². The van der Waals surface area contributed by atoms with Gasteiger partial charge in [-0.3, -0.25) is 9.59 Å². The molecule has 2 amide bonds. The number of carbonyl (C=O) groups is 2. The highest BCUT2D eigenvalue weighted by atomic mass is 32.2. The maximum absolute atomic E-state index is 12.3. The number of nitrogens with one attached hydrogen (secondary N) is 2. The summed E-state index contributed by atoms with van der Waals surface area (Å²) in [5, 5.41) is 6.27. The van der Waals surface area contributed by atoms with E-state index in [1.165, 1.54) is 32.2 Å². The first-order valence-electron chi connectivity index (χ1n) is 8.74.